The number of halogens is 4. The normalized spacial score (nSPS) is 13.7. The minimum atomic E-state index is -4.13. The first kappa shape index (κ1) is 15.0. The third-order valence-corrected chi connectivity index (χ3v) is 2.96. The van der Waals surface area contributed by atoms with Crippen LogP contribution in [0.25, 0.3) is 0 Å². The Balaban J connectivity index is 2.62. The molecular weight excluding hydrogens is 246 g/mol. The van der Waals surface area contributed by atoms with E-state index in [0.717, 1.165) is 11.1 Å². The molecule has 1 rings (SSSR count). The highest BCUT2D eigenvalue weighted by molar-refractivity contribution is 5.27. The highest BCUT2D eigenvalue weighted by Gasteiger charge is 2.28. The zero-order valence-electron chi connectivity index (χ0n) is 10.4. The quantitative estimate of drug-likeness (QED) is 0.800. The fourth-order valence-electron chi connectivity index (χ4n) is 1.84. The molecule has 0 aromatic heterocycles. The molecule has 5 heteroatoms. The molecule has 1 aromatic carbocycles. The number of alkyl halides is 3. The van der Waals surface area contributed by atoms with Crippen LogP contribution in [-0.2, 0) is 6.42 Å². The molecule has 1 N–H and O–H groups in total. The van der Waals surface area contributed by atoms with Crippen molar-refractivity contribution in [3.8, 4) is 0 Å². The van der Waals surface area contributed by atoms with Crippen molar-refractivity contribution in [2.75, 3.05) is 7.05 Å². The van der Waals surface area contributed by atoms with Crippen LogP contribution in [0.5, 0.6) is 0 Å². The molecule has 1 atom stereocenters. The van der Waals surface area contributed by atoms with Gasteiger partial charge in [-0.25, -0.2) is 4.39 Å². The number of hydrogen-bond donors (Lipinski definition) is 1. The molecule has 0 amide bonds. The summed E-state index contributed by atoms with van der Waals surface area (Å²) in [7, 11) is 1.64. The van der Waals surface area contributed by atoms with E-state index in [1.165, 1.54) is 12.1 Å². The Hall–Kier alpha value is -1.10. The van der Waals surface area contributed by atoms with E-state index in [4.69, 9.17) is 0 Å². The minimum Gasteiger partial charge on any atom is -0.317 e. The van der Waals surface area contributed by atoms with E-state index in [2.05, 4.69) is 5.32 Å². The maximum Gasteiger partial charge on any atom is 0.389 e. The van der Waals surface area contributed by atoms with E-state index in [1.54, 1.807) is 20.0 Å². The fourth-order valence-corrected chi connectivity index (χ4v) is 1.84. The largest absolute Gasteiger partial charge is 0.389 e. The monoisotopic (exact) mass is 263 g/mol. The van der Waals surface area contributed by atoms with Crippen LogP contribution in [-0.4, -0.2) is 19.3 Å². The van der Waals surface area contributed by atoms with Crippen molar-refractivity contribution >= 4 is 0 Å². The SMILES string of the molecule is CNC(CCC(F)(F)F)Cc1ccc(F)cc1C. The molecule has 0 aliphatic rings. The van der Waals surface area contributed by atoms with Crippen molar-refractivity contribution in [2.24, 2.45) is 0 Å². The molecule has 0 bridgehead atoms. The van der Waals surface area contributed by atoms with Crippen LogP contribution in [0.2, 0.25) is 0 Å². The molecule has 0 aliphatic carbocycles. The van der Waals surface area contributed by atoms with Gasteiger partial charge in [0.05, 0.1) is 0 Å². The molecule has 0 saturated carbocycles. The summed E-state index contributed by atoms with van der Waals surface area (Å²) in [5.74, 6) is -0.326. The maximum atomic E-state index is 12.9. The van der Waals surface area contributed by atoms with Crippen molar-refractivity contribution in [2.45, 2.75) is 38.4 Å². The van der Waals surface area contributed by atoms with E-state index < -0.39 is 12.6 Å². The van der Waals surface area contributed by atoms with Crippen LogP contribution < -0.4 is 5.32 Å². The summed E-state index contributed by atoms with van der Waals surface area (Å²) < 4.78 is 49.3. The number of rotatable bonds is 5. The van der Waals surface area contributed by atoms with Gasteiger partial charge in [-0.1, -0.05) is 6.07 Å². The molecule has 1 unspecified atom stereocenters. The Kier molecular flexibility index (Phi) is 5.14. The van der Waals surface area contributed by atoms with Crippen LogP contribution in [0, 0.1) is 12.7 Å². The van der Waals surface area contributed by atoms with Gasteiger partial charge in [-0.3, -0.25) is 0 Å². The second kappa shape index (κ2) is 6.18. The van der Waals surface area contributed by atoms with Gasteiger partial charge < -0.3 is 5.32 Å². The summed E-state index contributed by atoms with van der Waals surface area (Å²) in [5.41, 5.74) is 1.64. The maximum absolute atomic E-state index is 12.9. The molecule has 0 heterocycles. The summed E-state index contributed by atoms with van der Waals surface area (Å²) in [6, 6.07) is 4.10. The summed E-state index contributed by atoms with van der Waals surface area (Å²) >= 11 is 0. The van der Waals surface area contributed by atoms with Gasteiger partial charge in [-0.2, -0.15) is 13.2 Å². The summed E-state index contributed by atoms with van der Waals surface area (Å²) in [4.78, 5) is 0. The van der Waals surface area contributed by atoms with Crippen molar-refractivity contribution in [1.29, 1.82) is 0 Å². The molecule has 0 saturated heterocycles. The number of likely N-dealkylation sites (N-methyl/N-ethyl adjacent to an activating group) is 1. The number of hydrogen-bond acceptors (Lipinski definition) is 1. The number of nitrogens with one attached hydrogen (secondary N) is 1. The van der Waals surface area contributed by atoms with Crippen molar-refractivity contribution in [3.63, 3.8) is 0 Å². The third kappa shape index (κ3) is 5.04. The van der Waals surface area contributed by atoms with Crippen LogP contribution in [0.4, 0.5) is 17.6 Å². The average Bonchev–Trinajstić information content (AvgIpc) is 2.25. The average molecular weight is 263 g/mol. The van der Waals surface area contributed by atoms with Crippen LogP contribution >= 0.6 is 0 Å². The Morgan fingerprint density at radius 1 is 1.28 bits per heavy atom. The summed E-state index contributed by atoms with van der Waals surface area (Å²) in [6.45, 7) is 1.76. The first-order chi connectivity index (χ1) is 8.31. The lowest BCUT2D eigenvalue weighted by molar-refractivity contribution is -0.136. The van der Waals surface area contributed by atoms with Gasteiger partial charge in [-0.15, -0.1) is 0 Å². The first-order valence-electron chi connectivity index (χ1n) is 5.81. The van der Waals surface area contributed by atoms with E-state index in [9.17, 15) is 17.6 Å². The van der Waals surface area contributed by atoms with Crippen molar-refractivity contribution in [1.82, 2.24) is 5.32 Å². The second-order valence-corrected chi connectivity index (χ2v) is 4.41. The Bertz CT molecular complexity index is 387. The van der Waals surface area contributed by atoms with E-state index >= 15 is 0 Å². The molecule has 0 radical (unpaired) electrons. The highest BCUT2D eigenvalue weighted by atomic mass is 19.4. The Labute approximate surface area is 104 Å². The van der Waals surface area contributed by atoms with E-state index in [0.29, 0.717) is 6.42 Å². The second-order valence-electron chi connectivity index (χ2n) is 4.41. The molecule has 18 heavy (non-hydrogen) atoms. The van der Waals surface area contributed by atoms with Gasteiger partial charge in [0.1, 0.15) is 5.82 Å². The molecule has 1 nitrogen and oxygen atoms in total. The van der Waals surface area contributed by atoms with E-state index in [-0.39, 0.29) is 18.3 Å². The van der Waals surface area contributed by atoms with Gasteiger partial charge in [0.25, 0.3) is 0 Å². The summed E-state index contributed by atoms with van der Waals surface area (Å²) in [6.07, 6.45) is -4.44. The van der Waals surface area contributed by atoms with E-state index in [1.807, 2.05) is 0 Å². The molecule has 1 aromatic rings. The van der Waals surface area contributed by atoms with Gasteiger partial charge >= 0.3 is 6.18 Å². The van der Waals surface area contributed by atoms with Gasteiger partial charge in [0.2, 0.25) is 0 Å². The predicted octanol–water partition coefficient (Wildman–Crippen LogP) is 3.61. The van der Waals surface area contributed by atoms with Crippen LogP contribution in [0.3, 0.4) is 0 Å². The highest BCUT2D eigenvalue weighted by Crippen LogP contribution is 2.23. The fraction of sp³-hybridized carbons (Fsp3) is 0.538. The standard InChI is InChI=1S/C13H17F4N/c1-9-7-11(14)4-3-10(9)8-12(18-2)5-6-13(15,16)17/h3-4,7,12,18H,5-6,8H2,1-2H3. The Morgan fingerprint density at radius 3 is 2.44 bits per heavy atom. The van der Waals surface area contributed by atoms with Gasteiger partial charge in [-0.05, 0) is 50.1 Å². The lowest BCUT2D eigenvalue weighted by Crippen LogP contribution is -2.29. The minimum absolute atomic E-state index is 0.0246. The van der Waals surface area contributed by atoms with Gasteiger partial charge in [0.15, 0.2) is 0 Å². The van der Waals surface area contributed by atoms with Crippen LogP contribution in [0.15, 0.2) is 18.2 Å². The zero-order valence-corrected chi connectivity index (χ0v) is 10.4. The smallest absolute Gasteiger partial charge is 0.317 e. The lowest BCUT2D eigenvalue weighted by atomic mass is 9.98. The molecule has 0 aliphatic heterocycles. The molecule has 102 valence electrons. The topological polar surface area (TPSA) is 12.0 Å². The lowest BCUT2D eigenvalue weighted by Gasteiger charge is -2.18. The van der Waals surface area contributed by atoms with Gasteiger partial charge in [0, 0.05) is 12.5 Å². The van der Waals surface area contributed by atoms with Crippen LogP contribution in [0.1, 0.15) is 24.0 Å². The van der Waals surface area contributed by atoms with Crippen molar-refractivity contribution in [3.05, 3.63) is 35.1 Å². The number of benzene rings is 1. The molecular formula is C13H17F4N. The predicted molar refractivity (Wildman–Crippen MR) is 63.0 cm³/mol. The summed E-state index contributed by atoms with van der Waals surface area (Å²) in [5, 5.41) is 2.87. The first-order valence-corrected chi connectivity index (χ1v) is 5.81. The molecule has 0 fully saturated rings. The third-order valence-electron chi connectivity index (χ3n) is 2.96. The molecule has 0 spiro atoms. The zero-order chi connectivity index (χ0) is 13.8. The number of aryl methyl sites for hydroxylation is 1. The van der Waals surface area contributed by atoms with Crippen molar-refractivity contribution < 1.29 is 17.6 Å². The Morgan fingerprint density at radius 2 is 1.94 bits per heavy atom.